The van der Waals surface area contributed by atoms with E-state index < -0.39 is 10.1 Å². The third-order valence-electron chi connectivity index (χ3n) is 0.412. The second-order valence-corrected chi connectivity index (χ2v) is 3.33. The smallest absolute Gasteiger partial charge is 0.273 e. The maximum absolute atomic E-state index is 10.1. The molecule has 0 rings (SSSR count). The summed E-state index contributed by atoms with van der Waals surface area (Å²) in [5, 5.41) is -0.260. The summed E-state index contributed by atoms with van der Waals surface area (Å²) in [6, 6.07) is 0. The zero-order valence-electron chi connectivity index (χ0n) is 3.79. The second-order valence-electron chi connectivity index (χ2n) is 0.853. The Morgan fingerprint density at radius 2 is 2.14 bits per heavy atom. The van der Waals surface area contributed by atoms with Crippen LogP contribution in [0.2, 0.25) is 0 Å². The van der Waals surface area contributed by atoms with E-state index in [2.05, 4.69) is 16.8 Å². The van der Waals surface area contributed by atoms with Crippen molar-refractivity contribution in [3.8, 4) is 0 Å². The molecule has 7 heavy (non-hydrogen) atoms. The average Bonchev–Trinajstić information content (AvgIpc) is 1.68. The highest BCUT2D eigenvalue weighted by Gasteiger charge is 2.00. The molecule has 0 aliphatic heterocycles. The number of hydrogen-bond acceptors (Lipinski definition) is 4. The van der Waals surface area contributed by atoms with Crippen molar-refractivity contribution in [2.45, 2.75) is 0 Å². The van der Waals surface area contributed by atoms with Gasteiger partial charge < -0.3 is 0 Å². The minimum Gasteiger partial charge on any atom is -0.273 e. The SMILES string of the molecule is COS(=O)(=O)CS. The van der Waals surface area contributed by atoms with Gasteiger partial charge in [0.2, 0.25) is 0 Å². The van der Waals surface area contributed by atoms with Crippen molar-refractivity contribution in [2.75, 3.05) is 12.2 Å². The summed E-state index contributed by atoms with van der Waals surface area (Å²) in [4.78, 5) is 0. The summed E-state index contributed by atoms with van der Waals surface area (Å²) in [5.41, 5.74) is 0. The molecule has 44 valence electrons. The topological polar surface area (TPSA) is 43.4 Å². The van der Waals surface area contributed by atoms with Crippen LogP contribution in [0.4, 0.5) is 0 Å². The zero-order valence-corrected chi connectivity index (χ0v) is 5.50. The van der Waals surface area contributed by atoms with Crippen LogP contribution in [-0.2, 0) is 14.3 Å². The van der Waals surface area contributed by atoms with Crippen LogP contribution in [0.25, 0.3) is 0 Å². The molecule has 0 amide bonds. The minimum atomic E-state index is -3.29. The van der Waals surface area contributed by atoms with Crippen molar-refractivity contribution in [1.29, 1.82) is 0 Å². The van der Waals surface area contributed by atoms with Crippen molar-refractivity contribution in [3.63, 3.8) is 0 Å². The predicted molar refractivity (Wildman–Crippen MR) is 29.8 cm³/mol. The number of rotatable bonds is 2. The molecule has 0 spiro atoms. The van der Waals surface area contributed by atoms with E-state index in [1.807, 2.05) is 0 Å². The molecule has 0 saturated heterocycles. The summed E-state index contributed by atoms with van der Waals surface area (Å²) < 4.78 is 24.1. The second kappa shape index (κ2) is 2.54. The Kier molecular flexibility index (Phi) is 2.63. The molecule has 0 unspecified atom stereocenters. The fourth-order valence-corrected chi connectivity index (χ4v) is 0.474. The van der Waals surface area contributed by atoms with Gasteiger partial charge in [-0.05, 0) is 0 Å². The third kappa shape index (κ3) is 2.90. The molecular weight excluding hydrogens is 136 g/mol. The van der Waals surface area contributed by atoms with E-state index in [1.165, 1.54) is 0 Å². The third-order valence-corrected chi connectivity index (χ3v) is 2.18. The van der Waals surface area contributed by atoms with Crippen LogP contribution in [-0.4, -0.2) is 20.6 Å². The summed E-state index contributed by atoms with van der Waals surface area (Å²) in [5.74, 6) is 0. The lowest BCUT2D eigenvalue weighted by Crippen LogP contribution is -2.01. The summed E-state index contributed by atoms with van der Waals surface area (Å²) >= 11 is 3.47. The highest BCUT2D eigenvalue weighted by molar-refractivity contribution is 8.01. The van der Waals surface area contributed by atoms with Crippen molar-refractivity contribution >= 4 is 22.7 Å². The Hall–Kier alpha value is 0.260. The zero-order chi connectivity index (χ0) is 5.91. The van der Waals surface area contributed by atoms with Gasteiger partial charge >= 0.3 is 0 Å². The van der Waals surface area contributed by atoms with Crippen LogP contribution in [0.1, 0.15) is 0 Å². The first-order chi connectivity index (χ1) is 3.12. The number of hydrogen-bond donors (Lipinski definition) is 1. The van der Waals surface area contributed by atoms with Crippen LogP contribution in [0.3, 0.4) is 0 Å². The molecule has 0 radical (unpaired) electrons. The molecule has 0 aliphatic carbocycles. The van der Waals surface area contributed by atoms with E-state index in [0.29, 0.717) is 0 Å². The maximum Gasteiger partial charge on any atom is 0.276 e. The van der Waals surface area contributed by atoms with E-state index >= 15 is 0 Å². The van der Waals surface area contributed by atoms with Crippen molar-refractivity contribution < 1.29 is 12.6 Å². The normalized spacial score (nSPS) is 11.7. The molecule has 5 heteroatoms. The molecule has 0 N–H and O–H groups in total. The quantitative estimate of drug-likeness (QED) is 0.430. The average molecular weight is 142 g/mol. The van der Waals surface area contributed by atoms with E-state index in [9.17, 15) is 8.42 Å². The largest absolute Gasteiger partial charge is 0.276 e. The minimum absolute atomic E-state index is 0.260. The molecular formula is C2H6O3S2. The molecule has 0 atom stereocenters. The first-order valence-electron chi connectivity index (χ1n) is 1.51. The lowest BCUT2D eigenvalue weighted by atomic mass is 11.8. The van der Waals surface area contributed by atoms with Gasteiger partial charge in [0.25, 0.3) is 10.1 Å². The maximum atomic E-state index is 10.1. The Morgan fingerprint density at radius 3 is 2.14 bits per heavy atom. The van der Waals surface area contributed by atoms with Crippen LogP contribution in [0, 0.1) is 0 Å². The molecule has 0 aromatic rings. The summed E-state index contributed by atoms with van der Waals surface area (Å²) in [6.45, 7) is 0. The van der Waals surface area contributed by atoms with Crippen molar-refractivity contribution in [1.82, 2.24) is 0 Å². The lowest BCUT2D eigenvalue weighted by molar-refractivity contribution is 0.402. The van der Waals surface area contributed by atoms with Crippen LogP contribution >= 0.6 is 12.6 Å². The Morgan fingerprint density at radius 1 is 1.71 bits per heavy atom. The molecule has 0 bridgehead atoms. The van der Waals surface area contributed by atoms with E-state index in [1.54, 1.807) is 0 Å². The van der Waals surface area contributed by atoms with Crippen LogP contribution < -0.4 is 0 Å². The first kappa shape index (κ1) is 7.26. The Balaban J connectivity index is 3.89. The van der Waals surface area contributed by atoms with Crippen LogP contribution in [0.5, 0.6) is 0 Å². The van der Waals surface area contributed by atoms with Gasteiger partial charge in [0.15, 0.2) is 0 Å². The van der Waals surface area contributed by atoms with Gasteiger partial charge in [0.05, 0.1) is 7.11 Å². The standard InChI is InChI=1S/C2H6O3S2/c1-5-7(3,4)2-6/h6H,2H2,1H3. The highest BCUT2D eigenvalue weighted by atomic mass is 32.3. The Labute approximate surface area is 48.2 Å². The van der Waals surface area contributed by atoms with Gasteiger partial charge in [-0.2, -0.15) is 21.0 Å². The molecule has 0 saturated carbocycles. The number of thiol groups is 1. The molecule has 0 aromatic carbocycles. The van der Waals surface area contributed by atoms with E-state index in [0.717, 1.165) is 7.11 Å². The van der Waals surface area contributed by atoms with Gasteiger partial charge in [-0.25, -0.2) is 0 Å². The fraction of sp³-hybridized carbons (Fsp3) is 1.00. The van der Waals surface area contributed by atoms with Gasteiger partial charge in [0, 0.05) is 0 Å². The van der Waals surface area contributed by atoms with E-state index in [-0.39, 0.29) is 5.08 Å². The van der Waals surface area contributed by atoms with Crippen molar-refractivity contribution in [3.05, 3.63) is 0 Å². The Bertz CT molecular complexity index is 114. The van der Waals surface area contributed by atoms with Gasteiger partial charge in [-0.1, -0.05) is 0 Å². The molecule has 0 aromatic heterocycles. The lowest BCUT2D eigenvalue weighted by Gasteiger charge is -1.90. The van der Waals surface area contributed by atoms with Crippen LogP contribution in [0.15, 0.2) is 0 Å². The molecule has 3 nitrogen and oxygen atoms in total. The van der Waals surface area contributed by atoms with Gasteiger partial charge in [0.1, 0.15) is 5.08 Å². The molecule has 0 fully saturated rings. The van der Waals surface area contributed by atoms with Gasteiger partial charge in [-0.3, -0.25) is 4.18 Å². The molecule has 0 aliphatic rings. The monoisotopic (exact) mass is 142 g/mol. The van der Waals surface area contributed by atoms with E-state index in [4.69, 9.17) is 0 Å². The summed E-state index contributed by atoms with van der Waals surface area (Å²) in [6.07, 6.45) is 0. The summed E-state index contributed by atoms with van der Waals surface area (Å²) in [7, 11) is -2.19. The fourth-order valence-electron chi connectivity index (χ4n) is 0.0527. The predicted octanol–water partition coefficient (Wildman–Crippen LogP) is -0.150. The highest BCUT2D eigenvalue weighted by Crippen LogP contribution is 1.90. The molecule has 0 heterocycles. The first-order valence-corrected chi connectivity index (χ1v) is 3.72. The van der Waals surface area contributed by atoms with Gasteiger partial charge in [-0.15, -0.1) is 0 Å². The van der Waals surface area contributed by atoms with Crippen molar-refractivity contribution in [2.24, 2.45) is 0 Å².